The molecule has 0 bridgehead atoms. The van der Waals surface area contributed by atoms with Gasteiger partial charge in [-0.15, -0.1) is 0 Å². The van der Waals surface area contributed by atoms with Crippen LogP contribution in [0.15, 0.2) is 17.1 Å². The predicted octanol–water partition coefficient (Wildman–Crippen LogP) is 1.40. The molecule has 1 rings (SSSR count). The summed E-state index contributed by atoms with van der Waals surface area (Å²) in [6.07, 6.45) is 2.40. The fourth-order valence-electron chi connectivity index (χ4n) is 1.49. The largest absolute Gasteiger partial charge is 0.393 e. The molecule has 1 heterocycles. The fourth-order valence-corrected chi connectivity index (χ4v) is 1.59. The van der Waals surface area contributed by atoms with Crippen LogP contribution in [0.1, 0.15) is 27.2 Å². The third-order valence-corrected chi connectivity index (χ3v) is 3.94. The monoisotopic (exact) mass is 282 g/mol. The number of anilines is 1. The zero-order chi connectivity index (χ0) is 14.6. The van der Waals surface area contributed by atoms with E-state index in [1.54, 1.807) is 12.3 Å². The lowest BCUT2D eigenvalue weighted by atomic mass is 9.89. The molecule has 0 spiro atoms. The Hall–Kier alpha value is -1.43. The molecule has 2 N–H and O–H groups in total. The SMILES string of the molecule is CCN(C)c1cnn(CCC(C)(C)C(N)=S)c(=O)c1. The lowest BCUT2D eigenvalue weighted by Gasteiger charge is -2.23. The molecule has 1 aromatic rings. The van der Waals surface area contributed by atoms with Crippen LogP contribution in [0.3, 0.4) is 0 Å². The van der Waals surface area contributed by atoms with Gasteiger partial charge in [-0.3, -0.25) is 4.79 Å². The summed E-state index contributed by atoms with van der Waals surface area (Å²) in [6.45, 7) is 7.31. The molecule has 6 heteroatoms. The van der Waals surface area contributed by atoms with E-state index >= 15 is 0 Å². The number of aromatic nitrogens is 2. The molecular weight excluding hydrogens is 260 g/mol. The number of thiocarbonyl (C=S) groups is 1. The molecule has 0 radical (unpaired) electrons. The molecule has 0 amide bonds. The molecule has 0 unspecified atom stereocenters. The van der Waals surface area contributed by atoms with Gasteiger partial charge < -0.3 is 10.6 Å². The van der Waals surface area contributed by atoms with E-state index in [-0.39, 0.29) is 11.0 Å². The molecular formula is C13H22N4OS. The summed E-state index contributed by atoms with van der Waals surface area (Å²) in [5.41, 5.74) is 6.13. The zero-order valence-corrected chi connectivity index (χ0v) is 12.8. The summed E-state index contributed by atoms with van der Waals surface area (Å²) in [6, 6.07) is 1.60. The van der Waals surface area contributed by atoms with Gasteiger partial charge in [0.05, 0.1) is 16.9 Å². The zero-order valence-electron chi connectivity index (χ0n) is 12.0. The van der Waals surface area contributed by atoms with Gasteiger partial charge in [-0.2, -0.15) is 5.10 Å². The van der Waals surface area contributed by atoms with Crippen molar-refractivity contribution in [1.82, 2.24) is 9.78 Å². The summed E-state index contributed by atoms with van der Waals surface area (Å²) in [5.74, 6) is 0. The first-order valence-corrected chi connectivity index (χ1v) is 6.77. The first kappa shape index (κ1) is 15.6. The predicted molar refractivity (Wildman–Crippen MR) is 82.6 cm³/mol. The molecule has 0 saturated carbocycles. The number of hydrogen-bond donors (Lipinski definition) is 1. The second-order valence-corrected chi connectivity index (χ2v) is 5.73. The minimum atomic E-state index is -0.269. The Morgan fingerprint density at radius 3 is 2.68 bits per heavy atom. The smallest absolute Gasteiger partial charge is 0.268 e. The summed E-state index contributed by atoms with van der Waals surface area (Å²) in [7, 11) is 1.93. The molecule has 106 valence electrons. The van der Waals surface area contributed by atoms with E-state index in [0.717, 1.165) is 12.2 Å². The number of rotatable bonds is 6. The standard InChI is InChI=1S/C13H22N4OS/c1-5-16(4)10-8-11(18)17(15-9-10)7-6-13(2,3)12(14)19/h8-9H,5-7H2,1-4H3,(H2,14,19). The summed E-state index contributed by atoms with van der Waals surface area (Å²) in [5, 5.41) is 4.19. The molecule has 19 heavy (non-hydrogen) atoms. The van der Waals surface area contributed by atoms with E-state index in [9.17, 15) is 4.79 Å². The summed E-state index contributed by atoms with van der Waals surface area (Å²) >= 11 is 5.01. The Morgan fingerprint density at radius 1 is 1.58 bits per heavy atom. The maximum Gasteiger partial charge on any atom is 0.268 e. The summed E-state index contributed by atoms with van der Waals surface area (Å²) < 4.78 is 1.45. The highest BCUT2D eigenvalue weighted by Crippen LogP contribution is 2.20. The average Bonchev–Trinajstić information content (AvgIpc) is 2.36. The Morgan fingerprint density at radius 2 is 2.21 bits per heavy atom. The van der Waals surface area contributed by atoms with E-state index in [1.165, 1.54) is 4.68 Å². The van der Waals surface area contributed by atoms with Crippen molar-refractivity contribution in [3.63, 3.8) is 0 Å². The highest BCUT2D eigenvalue weighted by atomic mass is 32.1. The number of nitrogens with zero attached hydrogens (tertiary/aromatic N) is 3. The average molecular weight is 282 g/mol. The van der Waals surface area contributed by atoms with Crippen molar-refractivity contribution in [2.75, 3.05) is 18.5 Å². The van der Waals surface area contributed by atoms with Crippen molar-refractivity contribution >= 4 is 22.9 Å². The van der Waals surface area contributed by atoms with Crippen LogP contribution in [-0.2, 0) is 6.54 Å². The highest BCUT2D eigenvalue weighted by molar-refractivity contribution is 7.80. The first-order valence-electron chi connectivity index (χ1n) is 6.36. The fraction of sp³-hybridized carbons (Fsp3) is 0.615. The first-order chi connectivity index (χ1) is 8.77. The van der Waals surface area contributed by atoms with E-state index < -0.39 is 0 Å². The second-order valence-electron chi connectivity index (χ2n) is 5.29. The normalized spacial score (nSPS) is 11.4. The maximum atomic E-state index is 12.0. The van der Waals surface area contributed by atoms with Crippen molar-refractivity contribution < 1.29 is 0 Å². The number of nitrogens with two attached hydrogens (primary N) is 1. The molecule has 0 aliphatic rings. The van der Waals surface area contributed by atoms with E-state index in [2.05, 4.69) is 5.10 Å². The van der Waals surface area contributed by atoms with Crippen molar-refractivity contribution in [3.05, 3.63) is 22.6 Å². The van der Waals surface area contributed by atoms with Crippen molar-refractivity contribution in [1.29, 1.82) is 0 Å². The lowest BCUT2D eigenvalue weighted by molar-refractivity contribution is 0.409. The molecule has 1 aromatic heterocycles. The summed E-state index contributed by atoms with van der Waals surface area (Å²) in [4.78, 5) is 14.4. The minimum absolute atomic E-state index is 0.100. The van der Waals surface area contributed by atoms with Gasteiger partial charge in [0.2, 0.25) is 0 Å². The molecule has 0 atom stereocenters. The van der Waals surface area contributed by atoms with E-state index in [0.29, 0.717) is 18.0 Å². The molecule has 0 aliphatic carbocycles. The van der Waals surface area contributed by atoms with Gasteiger partial charge in [0.1, 0.15) is 0 Å². The van der Waals surface area contributed by atoms with Crippen LogP contribution in [-0.4, -0.2) is 28.4 Å². The van der Waals surface area contributed by atoms with Gasteiger partial charge in [-0.05, 0) is 13.3 Å². The van der Waals surface area contributed by atoms with E-state index in [4.69, 9.17) is 18.0 Å². The van der Waals surface area contributed by atoms with Crippen LogP contribution in [0.4, 0.5) is 5.69 Å². The van der Waals surface area contributed by atoms with Crippen LogP contribution in [0, 0.1) is 5.41 Å². The third-order valence-electron chi connectivity index (χ3n) is 3.39. The molecule has 5 nitrogen and oxygen atoms in total. The Kier molecular flexibility index (Phi) is 5.05. The van der Waals surface area contributed by atoms with Gasteiger partial charge in [0, 0.05) is 31.6 Å². The number of aryl methyl sites for hydroxylation is 1. The number of hydrogen-bond acceptors (Lipinski definition) is 4. The topological polar surface area (TPSA) is 64.2 Å². The van der Waals surface area contributed by atoms with Gasteiger partial charge in [0.25, 0.3) is 5.56 Å². The van der Waals surface area contributed by atoms with Crippen molar-refractivity contribution in [2.45, 2.75) is 33.7 Å². The molecule has 0 saturated heterocycles. The van der Waals surface area contributed by atoms with Crippen LogP contribution in [0.2, 0.25) is 0 Å². The molecule has 0 aromatic carbocycles. The minimum Gasteiger partial charge on any atom is -0.393 e. The molecule has 0 aliphatic heterocycles. The van der Waals surface area contributed by atoms with Crippen molar-refractivity contribution in [2.24, 2.45) is 11.1 Å². The van der Waals surface area contributed by atoms with Crippen LogP contribution >= 0.6 is 12.2 Å². The third kappa shape index (κ3) is 4.02. The highest BCUT2D eigenvalue weighted by Gasteiger charge is 2.21. The van der Waals surface area contributed by atoms with Gasteiger partial charge in [0.15, 0.2) is 0 Å². The van der Waals surface area contributed by atoms with Crippen molar-refractivity contribution in [3.8, 4) is 0 Å². The quantitative estimate of drug-likeness (QED) is 0.799. The van der Waals surface area contributed by atoms with Crippen LogP contribution in [0.5, 0.6) is 0 Å². The molecule has 0 fully saturated rings. The van der Waals surface area contributed by atoms with E-state index in [1.807, 2.05) is 32.7 Å². The Bertz CT molecular complexity index is 510. The van der Waals surface area contributed by atoms with Crippen LogP contribution < -0.4 is 16.2 Å². The lowest BCUT2D eigenvalue weighted by Crippen LogP contribution is -2.33. The van der Waals surface area contributed by atoms with Gasteiger partial charge in [-0.1, -0.05) is 26.1 Å². The van der Waals surface area contributed by atoms with Crippen LogP contribution in [0.25, 0.3) is 0 Å². The maximum absolute atomic E-state index is 12.0. The Labute approximate surface area is 119 Å². The van der Waals surface area contributed by atoms with Gasteiger partial charge in [-0.25, -0.2) is 4.68 Å². The second kappa shape index (κ2) is 6.14. The van der Waals surface area contributed by atoms with Gasteiger partial charge >= 0.3 is 0 Å². The Balaban J connectivity index is 2.82.